The summed E-state index contributed by atoms with van der Waals surface area (Å²) in [6, 6.07) is 13.5. The Hall–Kier alpha value is -3.82. The zero-order valence-corrected chi connectivity index (χ0v) is 23.9. The van der Waals surface area contributed by atoms with Crippen LogP contribution in [0.1, 0.15) is 47.8 Å². The minimum Gasteiger partial charge on any atom is -0.416 e. The molecule has 4 aromatic rings. The number of fused-ring (bicyclic) bond motifs is 1. The van der Waals surface area contributed by atoms with Gasteiger partial charge in [0.05, 0.1) is 20.9 Å². The molecule has 2 aromatic carbocycles. The van der Waals surface area contributed by atoms with Crippen LogP contribution in [0.4, 0.5) is 13.6 Å². The van der Waals surface area contributed by atoms with Gasteiger partial charge in [-0.05, 0) is 79.6 Å². The number of thiophene rings is 1. The van der Waals surface area contributed by atoms with E-state index in [4.69, 9.17) is 16.3 Å². The van der Waals surface area contributed by atoms with Crippen LogP contribution in [0.25, 0.3) is 21.2 Å². The second kappa shape index (κ2) is 12.4. The van der Waals surface area contributed by atoms with Gasteiger partial charge in [0, 0.05) is 31.0 Å². The lowest BCUT2D eigenvalue weighted by molar-refractivity contribution is 0.0602. The number of alkyl carbamates (subject to hydrolysis) is 1. The van der Waals surface area contributed by atoms with Crippen molar-refractivity contribution in [2.45, 2.75) is 51.2 Å². The molecule has 0 unspecified atom stereocenters. The second-order valence-electron chi connectivity index (χ2n) is 10.1. The van der Waals surface area contributed by atoms with Gasteiger partial charge in [0.15, 0.2) is 0 Å². The first-order chi connectivity index (χ1) is 19.7. The summed E-state index contributed by atoms with van der Waals surface area (Å²) in [5.41, 5.74) is 2.87. The molecule has 1 saturated carbocycles. The molecular weight excluding hydrogens is 568 g/mol. The normalized spacial score (nSPS) is 16.8. The third-order valence-electron chi connectivity index (χ3n) is 7.16. The molecule has 0 radical (unpaired) electrons. The van der Waals surface area contributed by atoms with Gasteiger partial charge in [-0.1, -0.05) is 36.4 Å². The summed E-state index contributed by atoms with van der Waals surface area (Å²) in [6.07, 6.45) is 5.36. The molecule has 0 bridgehead atoms. The highest BCUT2D eigenvalue weighted by Crippen LogP contribution is 2.40. The lowest BCUT2D eigenvalue weighted by Crippen LogP contribution is -2.46. The number of carbonyl (C=O) groups is 2. The fourth-order valence-electron chi connectivity index (χ4n) is 5.21. The van der Waals surface area contributed by atoms with Gasteiger partial charge in [0.1, 0.15) is 16.5 Å². The van der Waals surface area contributed by atoms with Crippen molar-refractivity contribution in [2.75, 3.05) is 0 Å². The number of amides is 2. The maximum atomic E-state index is 14.6. The van der Waals surface area contributed by atoms with Crippen LogP contribution in [-0.2, 0) is 11.3 Å². The number of pyridine rings is 1. The number of ether oxygens (including phenoxy) is 1. The Morgan fingerprint density at radius 2 is 1.78 bits per heavy atom. The molecular formula is C31H28ClF2N3O3S. The summed E-state index contributed by atoms with van der Waals surface area (Å²) in [5, 5.41) is 2.69. The Balaban J connectivity index is 1.44. The molecule has 2 amide bonds. The molecule has 10 heteroatoms. The Bertz CT molecular complexity index is 1600. The first kappa shape index (κ1) is 28.7. The highest BCUT2D eigenvalue weighted by Gasteiger charge is 2.33. The second-order valence-corrected chi connectivity index (χ2v) is 11.5. The van der Waals surface area contributed by atoms with Crippen molar-refractivity contribution < 1.29 is 23.1 Å². The maximum absolute atomic E-state index is 14.6. The predicted octanol–water partition coefficient (Wildman–Crippen LogP) is 8.11. The predicted molar refractivity (Wildman–Crippen MR) is 157 cm³/mol. The smallest absolute Gasteiger partial charge is 0.412 e. The van der Waals surface area contributed by atoms with Crippen LogP contribution in [0.15, 0.2) is 73.3 Å². The van der Waals surface area contributed by atoms with E-state index in [0.717, 1.165) is 40.2 Å². The largest absolute Gasteiger partial charge is 0.416 e. The van der Waals surface area contributed by atoms with Crippen LogP contribution in [-0.4, -0.2) is 34.0 Å². The quantitative estimate of drug-likeness (QED) is 0.219. The zero-order chi connectivity index (χ0) is 29.1. The van der Waals surface area contributed by atoms with Gasteiger partial charge in [0.2, 0.25) is 0 Å². The molecule has 5 rings (SSSR count). The van der Waals surface area contributed by atoms with Gasteiger partial charge >= 0.3 is 6.09 Å². The number of rotatable bonds is 7. The lowest BCUT2D eigenvalue weighted by atomic mass is 9.89. The van der Waals surface area contributed by atoms with Crippen LogP contribution < -0.4 is 5.32 Å². The van der Waals surface area contributed by atoms with Gasteiger partial charge in [-0.15, -0.1) is 11.3 Å². The van der Waals surface area contributed by atoms with Crippen molar-refractivity contribution >= 4 is 45.0 Å². The molecule has 1 aliphatic rings. The molecule has 1 aliphatic carbocycles. The van der Waals surface area contributed by atoms with E-state index in [1.165, 1.54) is 0 Å². The summed E-state index contributed by atoms with van der Waals surface area (Å²) in [6.45, 7) is 5.45. The van der Waals surface area contributed by atoms with E-state index in [1.54, 1.807) is 24.2 Å². The highest BCUT2D eigenvalue weighted by molar-refractivity contribution is 7.21. The monoisotopic (exact) mass is 595 g/mol. The minimum absolute atomic E-state index is 0.0157. The third-order valence-corrected chi connectivity index (χ3v) is 8.83. The van der Waals surface area contributed by atoms with Gasteiger partial charge in [-0.2, -0.15) is 0 Å². The van der Waals surface area contributed by atoms with E-state index in [-0.39, 0.29) is 44.5 Å². The number of nitrogens with zero attached hydrogens (tertiary/aromatic N) is 2. The SMILES string of the molecule is C=C(C)OC(=O)NC1CCC(N(Cc2cccc(-c3ccncc3)c2)C(=O)c2sc3c(F)ccc(F)c3c2Cl)CC1. The Morgan fingerprint density at radius 1 is 1.07 bits per heavy atom. The highest BCUT2D eigenvalue weighted by atomic mass is 35.5. The first-order valence-electron chi connectivity index (χ1n) is 13.2. The lowest BCUT2D eigenvalue weighted by Gasteiger charge is -2.37. The molecule has 1 fully saturated rings. The molecule has 0 atom stereocenters. The Morgan fingerprint density at radius 3 is 2.46 bits per heavy atom. The molecule has 1 N–H and O–H groups in total. The van der Waals surface area contributed by atoms with E-state index in [0.29, 0.717) is 31.4 Å². The number of benzene rings is 2. The molecule has 0 aliphatic heterocycles. The Labute approximate surface area is 245 Å². The number of hydrogen-bond acceptors (Lipinski definition) is 5. The maximum Gasteiger partial charge on any atom is 0.412 e. The molecule has 2 aromatic heterocycles. The van der Waals surface area contributed by atoms with E-state index >= 15 is 0 Å². The molecule has 212 valence electrons. The van der Waals surface area contributed by atoms with Gasteiger partial charge in [-0.3, -0.25) is 9.78 Å². The van der Waals surface area contributed by atoms with Crippen molar-refractivity contribution in [3.63, 3.8) is 0 Å². The van der Waals surface area contributed by atoms with Crippen LogP contribution in [0.5, 0.6) is 0 Å². The molecule has 41 heavy (non-hydrogen) atoms. The van der Waals surface area contributed by atoms with Gasteiger partial charge < -0.3 is 15.0 Å². The molecule has 6 nitrogen and oxygen atoms in total. The van der Waals surface area contributed by atoms with Crippen LogP contribution in [0.3, 0.4) is 0 Å². The fraction of sp³-hybridized carbons (Fsp3) is 0.258. The van der Waals surface area contributed by atoms with Gasteiger partial charge in [0.25, 0.3) is 5.91 Å². The van der Waals surface area contributed by atoms with Crippen LogP contribution in [0, 0.1) is 11.6 Å². The minimum atomic E-state index is -0.675. The molecule has 2 heterocycles. The number of aromatic nitrogens is 1. The van der Waals surface area contributed by atoms with E-state index in [9.17, 15) is 18.4 Å². The van der Waals surface area contributed by atoms with E-state index in [1.807, 2.05) is 36.4 Å². The summed E-state index contributed by atoms with van der Waals surface area (Å²) in [5.74, 6) is -1.39. The van der Waals surface area contributed by atoms with Crippen molar-refractivity contribution in [3.05, 3.63) is 100 Å². The van der Waals surface area contributed by atoms with Crippen molar-refractivity contribution in [3.8, 4) is 11.1 Å². The zero-order valence-electron chi connectivity index (χ0n) is 22.3. The summed E-state index contributed by atoms with van der Waals surface area (Å²) in [4.78, 5) is 32.1. The number of hydrogen-bond donors (Lipinski definition) is 1. The van der Waals surface area contributed by atoms with Crippen molar-refractivity contribution in [2.24, 2.45) is 0 Å². The number of halogens is 3. The van der Waals surface area contributed by atoms with E-state index in [2.05, 4.69) is 16.9 Å². The molecule has 0 spiro atoms. The summed E-state index contributed by atoms with van der Waals surface area (Å²) < 4.78 is 34.2. The average molecular weight is 596 g/mol. The standard InChI is InChI=1S/C31H28ClF2N3O3S/c1-18(2)40-31(39)36-22-6-8-23(9-7-22)37(17-19-4-3-5-21(16-19)20-12-14-35-15-13-20)30(38)29-27(32)26-24(33)10-11-25(34)28(26)41-29/h3-5,10-16,22-23H,1,6-9,17H2,2H3,(H,36,39). The summed E-state index contributed by atoms with van der Waals surface area (Å²) >= 11 is 7.39. The third kappa shape index (κ3) is 6.41. The number of nitrogens with one attached hydrogen (secondary N) is 1. The first-order valence-corrected chi connectivity index (χ1v) is 14.4. The van der Waals surface area contributed by atoms with Crippen LogP contribution >= 0.6 is 22.9 Å². The molecule has 0 saturated heterocycles. The Kier molecular flexibility index (Phi) is 8.65. The topological polar surface area (TPSA) is 71.5 Å². The number of allylic oxidation sites excluding steroid dienone is 1. The van der Waals surface area contributed by atoms with Crippen molar-refractivity contribution in [1.82, 2.24) is 15.2 Å². The summed E-state index contributed by atoms with van der Waals surface area (Å²) in [7, 11) is 0. The fourth-order valence-corrected chi connectivity index (χ4v) is 6.71. The van der Waals surface area contributed by atoms with Crippen molar-refractivity contribution in [1.29, 1.82) is 0 Å². The van der Waals surface area contributed by atoms with E-state index < -0.39 is 17.7 Å². The van der Waals surface area contributed by atoms with Gasteiger partial charge in [-0.25, -0.2) is 13.6 Å². The number of carbonyl (C=O) groups excluding carboxylic acids is 2. The average Bonchev–Trinajstić information content (AvgIpc) is 3.32. The van der Waals surface area contributed by atoms with Crippen LogP contribution in [0.2, 0.25) is 5.02 Å².